The molecule has 0 unspecified atom stereocenters. The van der Waals surface area contributed by atoms with E-state index in [1.807, 2.05) is 0 Å². The van der Waals surface area contributed by atoms with Gasteiger partial charge >= 0.3 is 6.18 Å². The molecule has 0 bridgehead atoms. The third-order valence-corrected chi connectivity index (χ3v) is 3.09. The zero-order valence-corrected chi connectivity index (χ0v) is 12.0. The average Bonchev–Trinajstić information content (AvgIpc) is 2.52. The van der Waals surface area contributed by atoms with Crippen LogP contribution in [0.5, 0.6) is 11.5 Å². The van der Waals surface area contributed by atoms with Gasteiger partial charge in [-0.2, -0.15) is 13.2 Å². The molecule has 0 saturated carbocycles. The number of benzene rings is 2. The zero-order valence-electron chi connectivity index (χ0n) is 12.0. The van der Waals surface area contributed by atoms with Crippen molar-refractivity contribution in [2.45, 2.75) is 12.8 Å². The number of rotatable bonds is 5. The number of carbonyl (C=O) groups is 1. The Kier molecular flexibility index (Phi) is 4.88. The van der Waals surface area contributed by atoms with Gasteiger partial charge in [-0.3, -0.25) is 4.79 Å². The Morgan fingerprint density at radius 2 is 1.83 bits per heavy atom. The van der Waals surface area contributed by atoms with Gasteiger partial charge in [-0.25, -0.2) is 4.39 Å². The second kappa shape index (κ2) is 6.68. The molecule has 2 aromatic carbocycles. The van der Waals surface area contributed by atoms with Gasteiger partial charge in [0.15, 0.2) is 11.5 Å². The summed E-state index contributed by atoms with van der Waals surface area (Å²) < 4.78 is 61.6. The highest BCUT2D eigenvalue weighted by atomic mass is 19.4. The number of halogens is 4. The number of aldehydes is 1. The first kappa shape index (κ1) is 16.8. The molecule has 7 heteroatoms. The van der Waals surface area contributed by atoms with E-state index in [9.17, 15) is 22.4 Å². The van der Waals surface area contributed by atoms with Crippen LogP contribution in [0.4, 0.5) is 17.6 Å². The predicted molar refractivity (Wildman–Crippen MR) is 74.1 cm³/mol. The van der Waals surface area contributed by atoms with Crippen molar-refractivity contribution in [2.75, 3.05) is 7.11 Å². The number of hydrogen-bond acceptors (Lipinski definition) is 3. The van der Waals surface area contributed by atoms with Crippen molar-refractivity contribution in [1.29, 1.82) is 0 Å². The van der Waals surface area contributed by atoms with E-state index in [0.29, 0.717) is 17.9 Å². The SMILES string of the molecule is COc1cc(C=O)ccc1OCc1ccc(C(F)(F)F)cc1F. The first-order valence-electron chi connectivity index (χ1n) is 6.47. The van der Waals surface area contributed by atoms with Crippen molar-refractivity contribution in [1.82, 2.24) is 0 Å². The lowest BCUT2D eigenvalue weighted by Crippen LogP contribution is -2.07. The molecule has 3 nitrogen and oxygen atoms in total. The summed E-state index contributed by atoms with van der Waals surface area (Å²) in [5, 5.41) is 0. The molecule has 0 spiro atoms. The van der Waals surface area contributed by atoms with E-state index in [1.165, 1.54) is 25.3 Å². The molecule has 0 N–H and O–H groups in total. The second-order valence-electron chi connectivity index (χ2n) is 4.62. The van der Waals surface area contributed by atoms with Crippen molar-refractivity contribution in [2.24, 2.45) is 0 Å². The first-order chi connectivity index (χ1) is 10.8. The van der Waals surface area contributed by atoms with Gasteiger partial charge in [-0.05, 0) is 30.3 Å². The third-order valence-electron chi connectivity index (χ3n) is 3.09. The van der Waals surface area contributed by atoms with E-state index < -0.39 is 17.6 Å². The quantitative estimate of drug-likeness (QED) is 0.608. The number of hydrogen-bond donors (Lipinski definition) is 0. The molecular formula is C16H12F4O3. The summed E-state index contributed by atoms with van der Waals surface area (Å²) in [5.41, 5.74) is -0.721. The van der Waals surface area contributed by atoms with Gasteiger partial charge in [-0.15, -0.1) is 0 Å². The minimum absolute atomic E-state index is 0.0282. The fourth-order valence-electron chi connectivity index (χ4n) is 1.87. The van der Waals surface area contributed by atoms with Crippen LogP contribution >= 0.6 is 0 Å². The molecule has 0 saturated heterocycles. The molecule has 0 aromatic heterocycles. The van der Waals surface area contributed by atoms with Crippen molar-refractivity contribution in [3.63, 3.8) is 0 Å². The molecule has 0 heterocycles. The zero-order chi connectivity index (χ0) is 17.0. The molecule has 122 valence electrons. The first-order valence-corrected chi connectivity index (χ1v) is 6.47. The Morgan fingerprint density at radius 1 is 1.09 bits per heavy atom. The summed E-state index contributed by atoms with van der Waals surface area (Å²) in [6.07, 6.45) is -3.98. The molecule has 0 amide bonds. The van der Waals surface area contributed by atoms with Gasteiger partial charge in [0.1, 0.15) is 18.7 Å². The molecule has 2 aromatic rings. The van der Waals surface area contributed by atoms with E-state index in [4.69, 9.17) is 9.47 Å². The van der Waals surface area contributed by atoms with Crippen LogP contribution in [-0.2, 0) is 12.8 Å². The fraction of sp³-hybridized carbons (Fsp3) is 0.188. The lowest BCUT2D eigenvalue weighted by Gasteiger charge is -2.12. The summed E-state index contributed by atoms with van der Waals surface area (Å²) in [6, 6.07) is 6.61. The lowest BCUT2D eigenvalue weighted by atomic mass is 10.1. The number of ether oxygens (including phenoxy) is 2. The summed E-state index contributed by atoms with van der Waals surface area (Å²) in [6.45, 7) is -0.277. The Hall–Kier alpha value is -2.57. The van der Waals surface area contributed by atoms with Gasteiger partial charge in [-0.1, -0.05) is 6.07 Å². The maximum Gasteiger partial charge on any atom is 0.416 e. The highest BCUT2D eigenvalue weighted by Crippen LogP contribution is 2.31. The maximum absolute atomic E-state index is 13.7. The van der Waals surface area contributed by atoms with Crippen molar-refractivity contribution in [3.8, 4) is 11.5 Å². The van der Waals surface area contributed by atoms with E-state index in [-0.39, 0.29) is 23.7 Å². The monoisotopic (exact) mass is 328 g/mol. The lowest BCUT2D eigenvalue weighted by molar-refractivity contribution is -0.137. The van der Waals surface area contributed by atoms with Crippen molar-refractivity contribution < 1.29 is 31.8 Å². The van der Waals surface area contributed by atoms with Gasteiger partial charge in [0.2, 0.25) is 0 Å². The van der Waals surface area contributed by atoms with Crippen molar-refractivity contribution in [3.05, 3.63) is 58.9 Å². The number of carbonyl (C=O) groups excluding carboxylic acids is 1. The Bertz CT molecular complexity index is 711. The van der Waals surface area contributed by atoms with E-state index in [2.05, 4.69) is 0 Å². The van der Waals surface area contributed by atoms with Crippen molar-refractivity contribution >= 4 is 6.29 Å². The summed E-state index contributed by atoms with van der Waals surface area (Å²) in [7, 11) is 1.37. The highest BCUT2D eigenvalue weighted by molar-refractivity contribution is 5.76. The highest BCUT2D eigenvalue weighted by Gasteiger charge is 2.31. The topological polar surface area (TPSA) is 35.5 Å². The number of methoxy groups -OCH3 is 1. The van der Waals surface area contributed by atoms with Gasteiger partial charge in [0.05, 0.1) is 12.7 Å². The summed E-state index contributed by atoms with van der Waals surface area (Å²) >= 11 is 0. The molecule has 2 rings (SSSR count). The smallest absolute Gasteiger partial charge is 0.416 e. The molecule has 0 radical (unpaired) electrons. The molecule has 0 atom stereocenters. The summed E-state index contributed by atoms with van der Waals surface area (Å²) in [4.78, 5) is 10.7. The fourth-order valence-corrected chi connectivity index (χ4v) is 1.87. The predicted octanol–water partition coefficient (Wildman–Crippen LogP) is 4.24. The van der Waals surface area contributed by atoms with E-state index >= 15 is 0 Å². The van der Waals surface area contributed by atoms with Crippen LogP contribution in [0.1, 0.15) is 21.5 Å². The molecule has 0 aliphatic carbocycles. The van der Waals surface area contributed by atoms with Gasteiger partial charge < -0.3 is 9.47 Å². The van der Waals surface area contributed by atoms with Gasteiger partial charge in [0.25, 0.3) is 0 Å². The molecule has 0 aliphatic rings. The van der Waals surface area contributed by atoms with Crippen LogP contribution in [0.25, 0.3) is 0 Å². The maximum atomic E-state index is 13.7. The molecule has 23 heavy (non-hydrogen) atoms. The van der Waals surface area contributed by atoms with Crippen LogP contribution in [0, 0.1) is 5.82 Å². The van der Waals surface area contributed by atoms with Crippen LogP contribution in [-0.4, -0.2) is 13.4 Å². The molecule has 0 aliphatic heterocycles. The summed E-state index contributed by atoms with van der Waals surface area (Å²) in [5.74, 6) is -0.498. The minimum Gasteiger partial charge on any atom is -0.493 e. The minimum atomic E-state index is -4.60. The standard InChI is InChI=1S/C16H12F4O3/c1-22-15-6-10(8-21)2-5-14(15)23-9-11-3-4-12(7-13(11)17)16(18,19)20/h2-8H,9H2,1H3. The van der Waals surface area contributed by atoms with Crippen LogP contribution < -0.4 is 9.47 Å². The Labute approximate surface area is 129 Å². The van der Waals surface area contributed by atoms with Crippen LogP contribution in [0.2, 0.25) is 0 Å². The Morgan fingerprint density at radius 3 is 2.39 bits per heavy atom. The normalized spacial score (nSPS) is 11.2. The van der Waals surface area contributed by atoms with E-state index in [1.54, 1.807) is 0 Å². The average molecular weight is 328 g/mol. The van der Waals surface area contributed by atoms with Gasteiger partial charge in [0, 0.05) is 11.1 Å². The van der Waals surface area contributed by atoms with Crippen LogP contribution in [0.15, 0.2) is 36.4 Å². The Balaban J connectivity index is 2.17. The molecule has 0 fully saturated rings. The number of alkyl halides is 3. The molecular weight excluding hydrogens is 316 g/mol. The van der Waals surface area contributed by atoms with Crippen LogP contribution in [0.3, 0.4) is 0 Å². The largest absolute Gasteiger partial charge is 0.493 e. The van der Waals surface area contributed by atoms with E-state index in [0.717, 1.165) is 12.1 Å². The third kappa shape index (κ3) is 4.00. The second-order valence-corrected chi connectivity index (χ2v) is 4.62.